The van der Waals surface area contributed by atoms with Crippen molar-refractivity contribution in [2.24, 2.45) is 0 Å². The number of rotatable bonds is 0. The largest absolute Gasteiger partial charge is 0.457 e. The van der Waals surface area contributed by atoms with Gasteiger partial charge in [-0.2, -0.15) is 0 Å². The topological polar surface area (TPSA) is 55.8 Å². The second kappa shape index (κ2) is 4.76. The first-order chi connectivity index (χ1) is 9.83. The quantitative estimate of drug-likeness (QED) is 0.689. The molecule has 1 amide bonds. The molecule has 0 N–H and O–H groups in total. The second-order valence-corrected chi connectivity index (χ2v) is 6.51. The minimum atomic E-state index is -0.501. The highest BCUT2D eigenvalue weighted by molar-refractivity contribution is 5.93. The van der Waals surface area contributed by atoms with Gasteiger partial charge in [0.15, 0.2) is 0 Å². The van der Waals surface area contributed by atoms with Gasteiger partial charge in [-0.3, -0.25) is 0 Å². The van der Waals surface area contributed by atoms with Gasteiger partial charge in [0.2, 0.25) is 0 Å². The van der Waals surface area contributed by atoms with Crippen LogP contribution in [0.3, 0.4) is 0 Å². The fraction of sp³-hybridized carbons (Fsp3) is 0.500. The smallest absolute Gasteiger partial charge is 0.410 e. The molecule has 0 saturated heterocycles. The molecule has 2 heterocycles. The van der Waals surface area contributed by atoms with Crippen LogP contribution in [0, 0.1) is 0 Å². The molecule has 0 aliphatic carbocycles. The van der Waals surface area contributed by atoms with Gasteiger partial charge in [0.1, 0.15) is 12.2 Å². The number of hydrogen-bond donors (Lipinski definition) is 0. The number of cyclic esters (lactones) is 1. The molecule has 5 nitrogen and oxygen atoms in total. The lowest BCUT2D eigenvalue weighted by Gasteiger charge is -2.31. The maximum absolute atomic E-state index is 12.1. The van der Waals surface area contributed by atoms with E-state index in [1.54, 1.807) is 4.90 Å². The number of esters is 1. The van der Waals surface area contributed by atoms with E-state index in [1.807, 2.05) is 32.9 Å². The zero-order chi connectivity index (χ0) is 15.2. The van der Waals surface area contributed by atoms with E-state index < -0.39 is 5.60 Å². The average molecular weight is 289 g/mol. The number of ether oxygens (including phenoxy) is 2. The summed E-state index contributed by atoms with van der Waals surface area (Å²) in [7, 11) is 0. The van der Waals surface area contributed by atoms with Gasteiger partial charge >= 0.3 is 12.1 Å². The Hall–Kier alpha value is -2.04. The van der Waals surface area contributed by atoms with Crippen LogP contribution < -0.4 is 0 Å². The average Bonchev–Trinajstić information content (AvgIpc) is 2.75. The van der Waals surface area contributed by atoms with Crippen molar-refractivity contribution in [2.75, 3.05) is 6.54 Å². The molecule has 0 unspecified atom stereocenters. The molecule has 1 aromatic carbocycles. The first-order valence-electron chi connectivity index (χ1n) is 7.13. The highest BCUT2D eigenvalue weighted by Crippen LogP contribution is 2.28. The first kappa shape index (κ1) is 13.9. The van der Waals surface area contributed by atoms with Crippen LogP contribution in [0.4, 0.5) is 4.79 Å². The second-order valence-electron chi connectivity index (χ2n) is 6.51. The summed E-state index contributed by atoms with van der Waals surface area (Å²) >= 11 is 0. The highest BCUT2D eigenvalue weighted by atomic mass is 16.6. The number of carbonyl (C=O) groups is 2. The third kappa shape index (κ3) is 2.73. The Morgan fingerprint density at radius 3 is 2.71 bits per heavy atom. The van der Waals surface area contributed by atoms with E-state index in [-0.39, 0.29) is 12.1 Å². The fourth-order valence-corrected chi connectivity index (χ4v) is 2.67. The van der Waals surface area contributed by atoms with Crippen molar-refractivity contribution in [2.45, 2.75) is 45.9 Å². The molecule has 0 fully saturated rings. The van der Waals surface area contributed by atoms with E-state index in [4.69, 9.17) is 9.47 Å². The van der Waals surface area contributed by atoms with Crippen LogP contribution in [-0.4, -0.2) is 29.1 Å². The van der Waals surface area contributed by atoms with E-state index in [0.29, 0.717) is 25.3 Å². The standard InChI is InChI=1S/C16H19NO4/c1-16(2,3)21-15(19)17-5-4-10-6-12-9-20-14(18)13(12)7-11(10)8-17/h6-7H,4-5,8-9H2,1-3H3. The maximum Gasteiger partial charge on any atom is 0.410 e. The predicted octanol–water partition coefficient (Wildman–Crippen LogP) is 2.65. The van der Waals surface area contributed by atoms with Crippen LogP contribution in [0.1, 0.15) is 47.8 Å². The molecule has 0 saturated carbocycles. The van der Waals surface area contributed by atoms with E-state index >= 15 is 0 Å². The molecule has 1 aromatic rings. The van der Waals surface area contributed by atoms with Gasteiger partial charge in [-0.25, -0.2) is 9.59 Å². The lowest BCUT2D eigenvalue weighted by atomic mass is 9.94. The summed E-state index contributed by atoms with van der Waals surface area (Å²) in [5, 5.41) is 0. The molecule has 0 bridgehead atoms. The molecular weight excluding hydrogens is 270 g/mol. The summed E-state index contributed by atoms with van der Waals surface area (Å²) in [6.45, 7) is 7.03. The van der Waals surface area contributed by atoms with Crippen LogP contribution in [0.5, 0.6) is 0 Å². The number of hydrogen-bond acceptors (Lipinski definition) is 4. The minimum absolute atomic E-state index is 0.276. The van der Waals surface area contributed by atoms with Crippen molar-refractivity contribution in [3.8, 4) is 0 Å². The van der Waals surface area contributed by atoms with Crippen molar-refractivity contribution >= 4 is 12.1 Å². The van der Waals surface area contributed by atoms with Crippen molar-refractivity contribution < 1.29 is 19.1 Å². The Labute approximate surface area is 123 Å². The monoisotopic (exact) mass is 289 g/mol. The Morgan fingerprint density at radius 1 is 1.24 bits per heavy atom. The number of fused-ring (bicyclic) bond motifs is 2. The normalized spacial score (nSPS) is 17.1. The Kier molecular flexibility index (Phi) is 3.15. The van der Waals surface area contributed by atoms with Gasteiger partial charge < -0.3 is 14.4 Å². The number of carbonyl (C=O) groups excluding carboxylic acids is 2. The molecular formula is C16H19NO4. The number of benzene rings is 1. The van der Waals surface area contributed by atoms with E-state index in [2.05, 4.69) is 0 Å². The van der Waals surface area contributed by atoms with Gasteiger partial charge in [0.25, 0.3) is 0 Å². The minimum Gasteiger partial charge on any atom is -0.457 e. The van der Waals surface area contributed by atoms with E-state index in [0.717, 1.165) is 17.5 Å². The fourth-order valence-electron chi connectivity index (χ4n) is 2.67. The van der Waals surface area contributed by atoms with E-state index in [1.165, 1.54) is 5.56 Å². The van der Waals surface area contributed by atoms with Crippen LogP contribution >= 0.6 is 0 Å². The van der Waals surface area contributed by atoms with Gasteiger partial charge in [-0.05, 0) is 44.4 Å². The van der Waals surface area contributed by atoms with Gasteiger partial charge in [0.05, 0.1) is 5.56 Å². The molecule has 21 heavy (non-hydrogen) atoms. The molecule has 5 heteroatoms. The summed E-state index contributed by atoms with van der Waals surface area (Å²) in [5.41, 5.74) is 3.26. The third-order valence-corrected chi connectivity index (χ3v) is 3.67. The summed E-state index contributed by atoms with van der Waals surface area (Å²) in [4.78, 5) is 25.4. The first-order valence-corrected chi connectivity index (χ1v) is 7.13. The zero-order valence-electron chi connectivity index (χ0n) is 12.6. The van der Waals surface area contributed by atoms with E-state index in [9.17, 15) is 9.59 Å². The van der Waals surface area contributed by atoms with Crippen LogP contribution in [0.25, 0.3) is 0 Å². The number of amides is 1. The summed E-state index contributed by atoms with van der Waals surface area (Å²) in [5.74, 6) is -0.276. The van der Waals surface area contributed by atoms with Crippen molar-refractivity contribution in [1.82, 2.24) is 4.90 Å². The lowest BCUT2D eigenvalue weighted by Crippen LogP contribution is -2.40. The Morgan fingerprint density at radius 2 is 2.00 bits per heavy atom. The van der Waals surface area contributed by atoms with Gasteiger partial charge in [-0.1, -0.05) is 6.07 Å². The molecule has 0 radical (unpaired) electrons. The number of nitrogens with zero attached hydrogens (tertiary/aromatic N) is 1. The molecule has 2 aliphatic heterocycles. The third-order valence-electron chi connectivity index (χ3n) is 3.67. The summed E-state index contributed by atoms with van der Waals surface area (Å²) in [6.07, 6.45) is 0.465. The van der Waals surface area contributed by atoms with Crippen LogP contribution in [-0.2, 0) is 29.0 Å². The SMILES string of the molecule is CC(C)(C)OC(=O)N1CCc2cc3c(cc2C1)C(=O)OC3. The van der Waals surface area contributed by atoms with Crippen molar-refractivity contribution in [3.05, 3.63) is 34.4 Å². The summed E-state index contributed by atoms with van der Waals surface area (Å²) < 4.78 is 10.4. The molecule has 2 aliphatic rings. The maximum atomic E-state index is 12.1. The molecule has 3 rings (SSSR count). The van der Waals surface area contributed by atoms with Crippen LogP contribution in [0.15, 0.2) is 12.1 Å². The molecule has 0 atom stereocenters. The summed E-state index contributed by atoms with van der Waals surface area (Å²) in [6, 6.07) is 3.89. The molecule has 0 spiro atoms. The molecule has 0 aromatic heterocycles. The Bertz CT molecular complexity index is 615. The zero-order valence-corrected chi connectivity index (χ0v) is 12.6. The lowest BCUT2D eigenvalue weighted by molar-refractivity contribution is 0.0224. The van der Waals surface area contributed by atoms with Crippen molar-refractivity contribution in [3.63, 3.8) is 0 Å². The predicted molar refractivity (Wildman–Crippen MR) is 75.9 cm³/mol. The van der Waals surface area contributed by atoms with Crippen LogP contribution in [0.2, 0.25) is 0 Å². The molecule has 112 valence electrons. The van der Waals surface area contributed by atoms with Crippen molar-refractivity contribution in [1.29, 1.82) is 0 Å². The Balaban J connectivity index is 1.81. The van der Waals surface area contributed by atoms with Gasteiger partial charge in [-0.15, -0.1) is 0 Å². The highest BCUT2D eigenvalue weighted by Gasteiger charge is 2.29. The van der Waals surface area contributed by atoms with Gasteiger partial charge in [0, 0.05) is 18.7 Å².